The van der Waals surface area contributed by atoms with Crippen molar-refractivity contribution in [2.24, 2.45) is 10.9 Å². The highest BCUT2D eigenvalue weighted by molar-refractivity contribution is 6.45. The van der Waals surface area contributed by atoms with E-state index in [0.717, 1.165) is 11.6 Å². The maximum atomic E-state index is 15.6. The van der Waals surface area contributed by atoms with Gasteiger partial charge < -0.3 is 15.7 Å². The van der Waals surface area contributed by atoms with Crippen LogP contribution in [0.25, 0.3) is 5.70 Å². The molecule has 7 nitrogen and oxygen atoms in total. The van der Waals surface area contributed by atoms with Gasteiger partial charge in [0.15, 0.2) is 11.7 Å². The molecule has 0 aromatic heterocycles. The van der Waals surface area contributed by atoms with Crippen molar-refractivity contribution in [1.82, 2.24) is 0 Å². The van der Waals surface area contributed by atoms with E-state index in [2.05, 4.69) is 15.6 Å². The van der Waals surface area contributed by atoms with Crippen molar-refractivity contribution in [3.63, 3.8) is 0 Å². The van der Waals surface area contributed by atoms with Crippen LogP contribution in [0.4, 0.5) is 20.2 Å². The molecule has 4 rings (SSSR count). The molecule has 1 aliphatic rings. The van der Waals surface area contributed by atoms with Crippen LogP contribution in [0.2, 0.25) is 0 Å². The van der Waals surface area contributed by atoms with Gasteiger partial charge in [0.05, 0.1) is 11.3 Å². The van der Waals surface area contributed by atoms with Gasteiger partial charge in [-0.1, -0.05) is 39.8 Å². The lowest BCUT2D eigenvalue weighted by molar-refractivity contribution is -0.114. The molecule has 0 fully saturated rings. The van der Waals surface area contributed by atoms with E-state index in [1.54, 1.807) is 31.2 Å². The highest BCUT2D eigenvalue weighted by atomic mass is 19.1. The summed E-state index contributed by atoms with van der Waals surface area (Å²) in [5.41, 5.74) is 0.947. The minimum absolute atomic E-state index is 0.0690. The molecule has 1 amide bonds. The SMILES string of the molecule is CC1C=C(c2ccc(F)c(NC(=O)c3ccc(C(C)(C)C)cc3)c2F)N=C(Nc2ccc(C(=O)O)cc2)C1=O. The smallest absolute Gasteiger partial charge is 0.335 e. The average Bonchev–Trinajstić information content (AvgIpc) is 2.89. The zero-order valence-corrected chi connectivity index (χ0v) is 21.8. The Balaban J connectivity index is 1.62. The Morgan fingerprint density at radius 2 is 1.54 bits per heavy atom. The summed E-state index contributed by atoms with van der Waals surface area (Å²) in [6.07, 6.45) is 1.45. The first-order valence-electron chi connectivity index (χ1n) is 12.2. The van der Waals surface area contributed by atoms with E-state index in [4.69, 9.17) is 5.11 Å². The van der Waals surface area contributed by atoms with Gasteiger partial charge in [0.25, 0.3) is 5.91 Å². The zero-order valence-electron chi connectivity index (χ0n) is 21.8. The number of carboxylic acid groups (broad SMARTS) is 1. The van der Waals surface area contributed by atoms with Crippen molar-refractivity contribution in [3.8, 4) is 0 Å². The first-order valence-corrected chi connectivity index (χ1v) is 12.2. The van der Waals surface area contributed by atoms with Crippen LogP contribution in [0.3, 0.4) is 0 Å². The number of nitrogens with zero attached hydrogens (tertiary/aromatic N) is 1. The fourth-order valence-corrected chi connectivity index (χ4v) is 3.99. The van der Waals surface area contributed by atoms with Gasteiger partial charge in [-0.05, 0) is 65.6 Å². The number of rotatable bonds is 5. The summed E-state index contributed by atoms with van der Waals surface area (Å²) in [7, 11) is 0. The summed E-state index contributed by atoms with van der Waals surface area (Å²) < 4.78 is 30.3. The lowest BCUT2D eigenvalue weighted by atomic mass is 9.87. The van der Waals surface area contributed by atoms with Crippen LogP contribution in [0.15, 0.2) is 71.7 Å². The second-order valence-electron chi connectivity index (χ2n) is 10.2. The van der Waals surface area contributed by atoms with Gasteiger partial charge in [0, 0.05) is 22.7 Å². The molecule has 1 aliphatic heterocycles. The van der Waals surface area contributed by atoms with Crippen molar-refractivity contribution >= 4 is 40.6 Å². The van der Waals surface area contributed by atoms with E-state index >= 15 is 4.39 Å². The number of allylic oxidation sites excluding steroid dienone is 1. The number of carbonyl (C=O) groups excluding carboxylic acids is 2. The number of carbonyl (C=O) groups is 3. The number of nitrogens with one attached hydrogen (secondary N) is 2. The van der Waals surface area contributed by atoms with Crippen molar-refractivity contribution in [3.05, 3.63) is 101 Å². The molecule has 39 heavy (non-hydrogen) atoms. The van der Waals surface area contributed by atoms with E-state index < -0.39 is 35.1 Å². The van der Waals surface area contributed by atoms with E-state index in [-0.39, 0.29) is 39.4 Å². The number of hydrogen-bond donors (Lipinski definition) is 3. The number of Topliss-reactive ketones (excluding diaryl/α,β-unsaturated/α-hetero) is 1. The Morgan fingerprint density at radius 1 is 0.923 bits per heavy atom. The van der Waals surface area contributed by atoms with Gasteiger partial charge in [0.1, 0.15) is 11.5 Å². The molecule has 0 bridgehead atoms. The van der Waals surface area contributed by atoms with Gasteiger partial charge in [0.2, 0.25) is 5.78 Å². The molecule has 0 spiro atoms. The number of aromatic carboxylic acids is 1. The van der Waals surface area contributed by atoms with E-state index in [9.17, 15) is 18.8 Å². The molecular weight excluding hydrogens is 504 g/mol. The fourth-order valence-electron chi connectivity index (χ4n) is 3.99. The molecule has 3 aromatic carbocycles. The van der Waals surface area contributed by atoms with Gasteiger partial charge >= 0.3 is 5.97 Å². The van der Waals surface area contributed by atoms with Gasteiger partial charge in [-0.15, -0.1) is 0 Å². The Morgan fingerprint density at radius 3 is 2.13 bits per heavy atom. The minimum Gasteiger partial charge on any atom is -0.478 e. The monoisotopic (exact) mass is 531 g/mol. The molecule has 0 aliphatic carbocycles. The molecule has 0 radical (unpaired) electrons. The number of amidine groups is 1. The van der Waals surface area contributed by atoms with Gasteiger partial charge in [-0.3, -0.25) is 9.59 Å². The van der Waals surface area contributed by atoms with E-state index in [1.165, 1.54) is 36.4 Å². The Labute approximate surface area is 224 Å². The lowest BCUT2D eigenvalue weighted by Gasteiger charge is -2.20. The van der Waals surface area contributed by atoms with E-state index in [1.807, 2.05) is 20.8 Å². The average molecular weight is 532 g/mol. The van der Waals surface area contributed by atoms with Crippen molar-refractivity contribution in [2.45, 2.75) is 33.1 Å². The number of aliphatic imine (C=N–C) groups is 1. The number of amides is 1. The summed E-state index contributed by atoms with van der Waals surface area (Å²) in [5, 5.41) is 14.2. The van der Waals surface area contributed by atoms with Gasteiger partial charge in [-0.2, -0.15) is 0 Å². The molecule has 0 saturated carbocycles. The second-order valence-corrected chi connectivity index (χ2v) is 10.2. The second kappa shape index (κ2) is 10.6. The number of halogens is 2. The summed E-state index contributed by atoms with van der Waals surface area (Å²) in [6.45, 7) is 7.71. The molecular formula is C30H27F2N3O4. The van der Waals surface area contributed by atoms with Crippen molar-refractivity contribution in [1.29, 1.82) is 0 Å². The lowest BCUT2D eigenvalue weighted by Crippen LogP contribution is -2.30. The standard InChI is InChI=1S/C30H27F2N3O4/c1-16-15-23(34-27(26(16)36)33-20-11-7-18(8-12-20)29(38)39)21-13-14-22(31)25(24(21)32)35-28(37)17-5-9-19(10-6-17)30(2,3)4/h5-16H,1-4H3,(H,33,34)(H,35,37)(H,38,39). The van der Waals surface area contributed by atoms with Crippen LogP contribution >= 0.6 is 0 Å². The topological polar surface area (TPSA) is 108 Å². The first kappa shape index (κ1) is 27.4. The highest BCUT2D eigenvalue weighted by Gasteiger charge is 2.27. The summed E-state index contributed by atoms with van der Waals surface area (Å²) in [6, 6.07) is 14.7. The Kier molecular flexibility index (Phi) is 7.44. The van der Waals surface area contributed by atoms with Crippen molar-refractivity contribution in [2.75, 3.05) is 10.6 Å². The molecule has 1 heterocycles. The minimum atomic E-state index is -1.09. The van der Waals surface area contributed by atoms with Crippen LogP contribution in [0.1, 0.15) is 59.5 Å². The molecule has 0 saturated heterocycles. The number of ketones is 1. The van der Waals surface area contributed by atoms with Crippen LogP contribution in [-0.4, -0.2) is 28.6 Å². The number of carboxylic acids is 1. The summed E-state index contributed by atoms with van der Waals surface area (Å²) in [4.78, 5) is 40.9. The largest absolute Gasteiger partial charge is 0.478 e. The highest BCUT2D eigenvalue weighted by Crippen LogP contribution is 2.31. The van der Waals surface area contributed by atoms with Gasteiger partial charge in [-0.25, -0.2) is 18.6 Å². The summed E-state index contributed by atoms with van der Waals surface area (Å²) in [5.74, 6) is -4.90. The molecule has 3 N–H and O–H groups in total. The number of anilines is 2. The maximum absolute atomic E-state index is 15.6. The molecule has 1 unspecified atom stereocenters. The maximum Gasteiger partial charge on any atom is 0.335 e. The Bertz CT molecular complexity index is 1520. The Hall–Kier alpha value is -4.66. The molecule has 1 atom stereocenters. The number of hydrogen-bond acceptors (Lipinski definition) is 5. The summed E-state index contributed by atoms with van der Waals surface area (Å²) >= 11 is 0. The number of benzene rings is 3. The fraction of sp³-hybridized carbons (Fsp3) is 0.200. The zero-order chi connectivity index (χ0) is 28.5. The van der Waals surface area contributed by atoms with Crippen LogP contribution in [0.5, 0.6) is 0 Å². The predicted octanol–water partition coefficient (Wildman–Crippen LogP) is 6.28. The van der Waals surface area contributed by atoms with E-state index in [0.29, 0.717) is 5.69 Å². The molecule has 9 heteroatoms. The van der Waals surface area contributed by atoms with Crippen LogP contribution in [0, 0.1) is 17.6 Å². The first-order chi connectivity index (χ1) is 18.3. The quantitative estimate of drug-likeness (QED) is 0.359. The van der Waals surface area contributed by atoms with Crippen LogP contribution in [-0.2, 0) is 10.2 Å². The third kappa shape index (κ3) is 5.93. The molecule has 200 valence electrons. The normalized spacial score (nSPS) is 15.3. The van der Waals surface area contributed by atoms with Crippen molar-refractivity contribution < 1.29 is 28.3 Å². The third-order valence-corrected chi connectivity index (χ3v) is 6.30. The van der Waals surface area contributed by atoms with Crippen LogP contribution < -0.4 is 10.6 Å². The predicted molar refractivity (Wildman–Crippen MR) is 146 cm³/mol. The molecule has 3 aromatic rings. The third-order valence-electron chi connectivity index (χ3n) is 6.30.